The number of hydrogen-bond donors (Lipinski definition) is 0. The van der Waals surface area contributed by atoms with Crippen LogP contribution in [0.25, 0.3) is 0 Å². The Bertz CT molecular complexity index is 544. The van der Waals surface area contributed by atoms with Crippen LogP contribution in [-0.4, -0.2) is 24.5 Å². The molecule has 5 heteroatoms. The van der Waals surface area contributed by atoms with Crippen molar-refractivity contribution in [2.45, 2.75) is 20.4 Å². The van der Waals surface area contributed by atoms with Gasteiger partial charge >= 0.3 is 5.97 Å². The van der Waals surface area contributed by atoms with Crippen LogP contribution < -0.4 is 0 Å². The Morgan fingerprint density at radius 3 is 2.57 bits per heavy atom. The highest BCUT2D eigenvalue weighted by Gasteiger charge is 2.12. The number of carbonyl (C=O) groups excluding carboxylic acids is 1. The van der Waals surface area contributed by atoms with Gasteiger partial charge < -0.3 is 9.64 Å². The van der Waals surface area contributed by atoms with Crippen LogP contribution in [0.3, 0.4) is 0 Å². The SMILES string of the molecule is CC(C)COC(=O)/C(C#N)=C/N(C)Cc1ccc(Cl)cc1. The van der Waals surface area contributed by atoms with Crippen molar-refractivity contribution in [2.24, 2.45) is 5.92 Å². The van der Waals surface area contributed by atoms with E-state index in [1.165, 1.54) is 6.20 Å². The highest BCUT2D eigenvalue weighted by Crippen LogP contribution is 2.11. The van der Waals surface area contributed by atoms with E-state index in [2.05, 4.69) is 0 Å². The molecule has 1 rings (SSSR count). The zero-order chi connectivity index (χ0) is 15.8. The second-order valence-electron chi connectivity index (χ2n) is 5.19. The van der Waals surface area contributed by atoms with Crippen LogP contribution >= 0.6 is 11.6 Å². The van der Waals surface area contributed by atoms with Gasteiger partial charge in [-0.05, 0) is 23.6 Å². The van der Waals surface area contributed by atoms with Crippen LogP contribution in [0, 0.1) is 17.2 Å². The number of carbonyl (C=O) groups is 1. The Labute approximate surface area is 130 Å². The second kappa shape index (κ2) is 8.33. The third kappa shape index (κ3) is 6.33. The fourth-order valence-electron chi connectivity index (χ4n) is 1.59. The van der Waals surface area contributed by atoms with E-state index in [0.29, 0.717) is 18.2 Å². The molecule has 21 heavy (non-hydrogen) atoms. The molecule has 0 amide bonds. The maximum Gasteiger partial charge on any atom is 0.350 e. The minimum atomic E-state index is -0.589. The number of nitriles is 1. The lowest BCUT2D eigenvalue weighted by Gasteiger charge is -2.15. The first-order chi connectivity index (χ1) is 9.92. The molecule has 0 radical (unpaired) electrons. The van der Waals surface area contributed by atoms with E-state index in [1.54, 1.807) is 24.1 Å². The molecule has 0 saturated heterocycles. The van der Waals surface area contributed by atoms with Gasteiger partial charge in [0.25, 0.3) is 0 Å². The average molecular weight is 307 g/mol. The highest BCUT2D eigenvalue weighted by atomic mass is 35.5. The topological polar surface area (TPSA) is 53.3 Å². The van der Waals surface area contributed by atoms with Gasteiger partial charge in [0, 0.05) is 24.8 Å². The van der Waals surface area contributed by atoms with E-state index in [9.17, 15) is 4.79 Å². The summed E-state index contributed by atoms with van der Waals surface area (Å²) in [6, 6.07) is 9.28. The number of nitrogens with zero attached hydrogens (tertiary/aromatic N) is 2. The summed E-state index contributed by atoms with van der Waals surface area (Å²) in [6.45, 7) is 4.75. The van der Waals surface area contributed by atoms with E-state index >= 15 is 0 Å². The van der Waals surface area contributed by atoms with Crippen molar-refractivity contribution < 1.29 is 9.53 Å². The van der Waals surface area contributed by atoms with Crippen LogP contribution in [0.15, 0.2) is 36.0 Å². The third-order valence-corrected chi connectivity index (χ3v) is 2.83. The molecule has 0 N–H and O–H groups in total. The second-order valence-corrected chi connectivity index (χ2v) is 5.62. The van der Waals surface area contributed by atoms with Crippen LogP contribution in [0.1, 0.15) is 19.4 Å². The maximum absolute atomic E-state index is 11.8. The first kappa shape index (κ1) is 17.1. The van der Waals surface area contributed by atoms with Gasteiger partial charge in [-0.3, -0.25) is 0 Å². The van der Waals surface area contributed by atoms with Crippen molar-refractivity contribution in [3.05, 3.63) is 46.6 Å². The normalized spacial score (nSPS) is 11.1. The Hall–Kier alpha value is -1.99. The predicted molar refractivity (Wildman–Crippen MR) is 82.4 cm³/mol. The van der Waals surface area contributed by atoms with Crippen molar-refractivity contribution in [2.75, 3.05) is 13.7 Å². The van der Waals surface area contributed by atoms with Crippen LogP contribution in [0.2, 0.25) is 5.02 Å². The van der Waals surface area contributed by atoms with Gasteiger partial charge in [0.1, 0.15) is 6.07 Å². The molecule has 1 aromatic rings. The first-order valence-corrected chi connectivity index (χ1v) is 7.04. The monoisotopic (exact) mass is 306 g/mol. The number of halogens is 1. The zero-order valence-corrected chi connectivity index (χ0v) is 13.2. The lowest BCUT2D eigenvalue weighted by atomic mass is 10.2. The minimum Gasteiger partial charge on any atom is -0.461 e. The van der Waals surface area contributed by atoms with Gasteiger partial charge in [0.2, 0.25) is 0 Å². The summed E-state index contributed by atoms with van der Waals surface area (Å²) in [5.74, 6) is -0.352. The summed E-state index contributed by atoms with van der Waals surface area (Å²) < 4.78 is 5.05. The van der Waals surface area contributed by atoms with E-state index in [1.807, 2.05) is 32.0 Å². The van der Waals surface area contributed by atoms with Crippen molar-refractivity contribution in [1.29, 1.82) is 5.26 Å². The summed E-state index contributed by atoms with van der Waals surface area (Å²) in [7, 11) is 1.79. The molecule has 4 nitrogen and oxygen atoms in total. The van der Waals surface area contributed by atoms with Crippen molar-refractivity contribution in [1.82, 2.24) is 4.90 Å². The molecule has 0 heterocycles. The van der Waals surface area contributed by atoms with E-state index < -0.39 is 5.97 Å². The molecule has 0 aliphatic rings. The fourth-order valence-corrected chi connectivity index (χ4v) is 1.72. The molecule has 0 fully saturated rings. The van der Waals surface area contributed by atoms with Crippen LogP contribution in [0.5, 0.6) is 0 Å². The highest BCUT2D eigenvalue weighted by molar-refractivity contribution is 6.30. The maximum atomic E-state index is 11.8. The number of hydrogen-bond acceptors (Lipinski definition) is 4. The number of ether oxygens (including phenoxy) is 1. The van der Waals surface area contributed by atoms with Crippen LogP contribution in [-0.2, 0) is 16.1 Å². The molecule has 0 aliphatic heterocycles. The van der Waals surface area contributed by atoms with Crippen LogP contribution in [0.4, 0.5) is 0 Å². The lowest BCUT2D eigenvalue weighted by molar-refractivity contribution is -0.139. The molecule has 0 atom stereocenters. The largest absolute Gasteiger partial charge is 0.461 e. The smallest absolute Gasteiger partial charge is 0.350 e. The average Bonchev–Trinajstić information content (AvgIpc) is 2.44. The summed E-state index contributed by atoms with van der Waals surface area (Å²) in [6.07, 6.45) is 1.50. The predicted octanol–water partition coefficient (Wildman–Crippen LogP) is 3.38. The summed E-state index contributed by atoms with van der Waals surface area (Å²) in [5, 5.41) is 9.72. The van der Waals surface area contributed by atoms with E-state index in [0.717, 1.165) is 5.56 Å². The third-order valence-electron chi connectivity index (χ3n) is 2.58. The Morgan fingerprint density at radius 2 is 2.05 bits per heavy atom. The number of rotatable bonds is 6. The van der Waals surface area contributed by atoms with Gasteiger partial charge in [-0.25, -0.2) is 4.79 Å². The molecular formula is C16H19ClN2O2. The Balaban J connectivity index is 2.67. The van der Waals surface area contributed by atoms with Crippen molar-refractivity contribution >= 4 is 17.6 Å². The van der Waals surface area contributed by atoms with Gasteiger partial charge in [-0.2, -0.15) is 5.26 Å². The quantitative estimate of drug-likeness (QED) is 0.459. The first-order valence-electron chi connectivity index (χ1n) is 6.66. The van der Waals surface area contributed by atoms with Gasteiger partial charge in [0.15, 0.2) is 5.57 Å². The summed E-state index contributed by atoms with van der Waals surface area (Å²) in [5.41, 5.74) is 1.03. The standard InChI is InChI=1S/C16H19ClN2O2/c1-12(2)11-21-16(20)14(8-18)10-19(3)9-13-4-6-15(17)7-5-13/h4-7,10,12H,9,11H2,1-3H3/b14-10+. The zero-order valence-electron chi connectivity index (χ0n) is 12.5. The Morgan fingerprint density at radius 1 is 1.43 bits per heavy atom. The van der Waals surface area contributed by atoms with Gasteiger partial charge in [-0.1, -0.05) is 37.6 Å². The summed E-state index contributed by atoms with van der Waals surface area (Å²) in [4.78, 5) is 13.5. The van der Waals surface area contributed by atoms with Gasteiger partial charge in [0.05, 0.1) is 6.61 Å². The van der Waals surface area contributed by atoms with E-state index in [4.69, 9.17) is 21.6 Å². The number of esters is 1. The molecule has 1 aromatic carbocycles. The lowest BCUT2D eigenvalue weighted by Crippen LogP contribution is -2.16. The molecule has 112 valence electrons. The van der Waals surface area contributed by atoms with Crippen molar-refractivity contribution in [3.8, 4) is 6.07 Å². The van der Waals surface area contributed by atoms with Crippen molar-refractivity contribution in [3.63, 3.8) is 0 Å². The molecule has 0 bridgehead atoms. The van der Waals surface area contributed by atoms with Gasteiger partial charge in [-0.15, -0.1) is 0 Å². The van der Waals surface area contributed by atoms with E-state index in [-0.39, 0.29) is 11.5 Å². The molecular weight excluding hydrogens is 288 g/mol. The minimum absolute atomic E-state index is 0.00730. The molecule has 0 spiro atoms. The molecule has 0 aromatic heterocycles. The molecule has 0 saturated carbocycles. The fraction of sp³-hybridized carbons (Fsp3) is 0.375. The number of benzene rings is 1. The molecule has 0 unspecified atom stereocenters. The summed E-state index contributed by atoms with van der Waals surface area (Å²) >= 11 is 5.83. The Kier molecular flexibility index (Phi) is 6.77. The molecule has 0 aliphatic carbocycles.